The second-order valence-corrected chi connectivity index (χ2v) is 18.2. The van der Waals surface area contributed by atoms with Crippen LogP contribution in [0.25, 0.3) is 0 Å². The van der Waals surface area contributed by atoms with Crippen LogP contribution in [0, 0.1) is 0 Å². The van der Waals surface area contributed by atoms with Gasteiger partial charge in [-0.1, -0.05) is 109 Å². The molecule has 0 bridgehead atoms. The number of esters is 7. The molecular weight excluding hydrogens is 1080 g/mol. The van der Waals surface area contributed by atoms with E-state index in [0.717, 1.165) is 6.92 Å². The van der Waals surface area contributed by atoms with Crippen LogP contribution in [0.2, 0.25) is 0 Å². The topological polar surface area (TPSA) is 291 Å². The first-order chi connectivity index (χ1) is 40.2. The van der Waals surface area contributed by atoms with Crippen molar-refractivity contribution in [3.63, 3.8) is 0 Å². The van der Waals surface area contributed by atoms with Crippen LogP contribution in [0.4, 0.5) is 0 Å². The monoisotopic (exact) mass is 1140 g/mol. The number of rotatable bonds is 18. The van der Waals surface area contributed by atoms with Gasteiger partial charge in [-0.05, 0) is 72.8 Å². The van der Waals surface area contributed by atoms with Crippen LogP contribution in [-0.4, -0.2) is 165 Å². The number of carbonyl (C=O) groups excluding carboxylic acids is 7. The molecule has 22 heteroatoms. The van der Waals surface area contributed by atoms with Crippen LogP contribution in [0.3, 0.4) is 0 Å². The van der Waals surface area contributed by atoms with Crippen molar-refractivity contribution >= 4 is 41.8 Å². The van der Waals surface area contributed by atoms with Crippen LogP contribution in [-0.2, 0) is 61.6 Å². The van der Waals surface area contributed by atoms with Crippen molar-refractivity contribution in [3.05, 3.63) is 215 Å². The van der Waals surface area contributed by atoms with Crippen molar-refractivity contribution < 1.29 is 106 Å². The van der Waals surface area contributed by atoms with Gasteiger partial charge in [0.05, 0.1) is 40.0 Å². The number of benzene rings is 6. The molecule has 3 fully saturated rings. The number of hydrogen-bond acceptors (Lipinski definition) is 22. The Morgan fingerprint density at radius 1 is 0.361 bits per heavy atom. The van der Waals surface area contributed by atoms with Gasteiger partial charge in [-0.2, -0.15) is 0 Å². The number of methoxy groups -OCH3 is 2. The molecule has 3 saturated heterocycles. The first kappa shape index (κ1) is 61.9. The average Bonchev–Trinajstić information content (AvgIpc) is 4.25. The van der Waals surface area contributed by atoms with E-state index in [1.165, 1.54) is 14.2 Å². The zero-order valence-electron chi connectivity index (χ0n) is 45.0. The summed E-state index contributed by atoms with van der Waals surface area (Å²) >= 11 is 0. The van der Waals surface area contributed by atoms with Gasteiger partial charge in [0.15, 0.2) is 30.9 Å². The van der Waals surface area contributed by atoms with Gasteiger partial charge in [0, 0.05) is 21.1 Å². The molecule has 0 amide bonds. The van der Waals surface area contributed by atoms with Crippen LogP contribution < -0.4 is 0 Å². The predicted octanol–water partition coefficient (Wildman–Crippen LogP) is 5.32. The fourth-order valence-electron chi connectivity index (χ4n) is 8.39. The lowest BCUT2D eigenvalue weighted by molar-refractivity contribution is -0.188. The van der Waals surface area contributed by atoms with Crippen LogP contribution in [0.1, 0.15) is 69.1 Å². The lowest BCUT2D eigenvalue weighted by Gasteiger charge is -2.24. The standard InChI is InChI=1S/C28H24O9.C27H24O8.C6H12O5/c1-18(29)34-28-24(37-27(32)21-15-9-4-10-16-21)23(36-26(31)20-13-7-3-8-14-20)22(35-28)17-33-25(30)19-11-5-2-6-12-19;1-31-27-23(35-26(30)20-15-9-4-10-16-20)22(34-25(29)19-13-7-3-8-14-19)21(33-27)17-32-24(28)18-11-5-2-6-12-18;1-10-6-5(9)4(8)3(2-7)11-6/h2-16,22-24,28H,17H2,1H3;2-16,21-23,27H,17H2,1H3;3-9H,2H2,1H3/t22-,23+,24?,28-;21-,22+,23?,27?;3-,4+,5?,6?/m000/s1. The molecule has 3 N–H and O–H groups in total. The third-order valence-corrected chi connectivity index (χ3v) is 12.6. The molecule has 5 unspecified atom stereocenters. The van der Waals surface area contributed by atoms with Crippen molar-refractivity contribution in [2.24, 2.45) is 0 Å². The Balaban J connectivity index is 0.000000202. The number of ether oxygens (including phenoxy) is 12. The van der Waals surface area contributed by atoms with E-state index in [2.05, 4.69) is 4.74 Å². The Hall–Kier alpha value is -8.71. The fourth-order valence-corrected chi connectivity index (χ4v) is 8.39. The predicted molar refractivity (Wildman–Crippen MR) is 287 cm³/mol. The molecule has 6 aromatic rings. The van der Waals surface area contributed by atoms with E-state index in [1.54, 1.807) is 182 Å². The molecule has 3 aliphatic heterocycles. The lowest BCUT2D eigenvalue weighted by Crippen LogP contribution is -2.42. The quantitative estimate of drug-likeness (QED) is 0.0725. The van der Waals surface area contributed by atoms with E-state index in [0.29, 0.717) is 22.3 Å². The summed E-state index contributed by atoms with van der Waals surface area (Å²) in [6.45, 7) is 0.225. The number of aliphatic hydroxyl groups excluding tert-OH is 3. The Morgan fingerprint density at radius 2 is 0.639 bits per heavy atom. The minimum absolute atomic E-state index is 0.233. The molecule has 3 aliphatic rings. The summed E-state index contributed by atoms with van der Waals surface area (Å²) in [5, 5.41) is 26.9. The van der Waals surface area contributed by atoms with Crippen LogP contribution in [0.5, 0.6) is 0 Å². The van der Waals surface area contributed by atoms with Crippen molar-refractivity contribution in [1.29, 1.82) is 0 Å². The largest absolute Gasteiger partial charge is 0.459 e. The Kier molecular flexibility index (Phi) is 23.1. The molecule has 83 heavy (non-hydrogen) atoms. The summed E-state index contributed by atoms with van der Waals surface area (Å²) in [6, 6.07) is 49.8. The maximum atomic E-state index is 12.9. The van der Waals surface area contributed by atoms with Gasteiger partial charge >= 0.3 is 41.8 Å². The summed E-state index contributed by atoms with van der Waals surface area (Å²) in [7, 11) is 2.74. The maximum Gasteiger partial charge on any atom is 0.338 e. The molecule has 12 atom stereocenters. The molecule has 3 heterocycles. The zero-order valence-corrected chi connectivity index (χ0v) is 45.0. The van der Waals surface area contributed by atoms with Gasteiger partial charge < -0.3 is 72.2 Å². The minimum Gasteiger partial charge on any atom is -0.459 e. The highest BCUT2D eigenvalue weighted by Crippen LogP contribution is 2.32. The van der Waals surface area contributed by atoms with E-state index in [-0.39, 0.29) is 30.9 Å². The van der Waals surface area contributed by atoms with Gasteiger partial charge in [-0.15, -0.1) is 0 Å². The van der Waals surface area contributed by atoms with E-state index < -0.39 is 116 Å². The number of aliphatic hydroxyl groups is 3. The second kappa shape index (κ2) is 30.9. The highest BCUT2D eigenvalue weighted by molar-refractivity contribution is 5.92. The van der Waals surface area contributed by atoms with E-state index in [4.69, 9.17) is 67.4 Å². The first-order valence-electron chi connectivity index (χ1n) is 25.8. The van der Waals surface area contributed by atoms with Crippen molar-refractivity contribution in [2.45, 2.75) is 80.7 Å². The van der Waals surface area contributed by atoms with Gasteiger partial charge in [-0.25, -0.2) is 28.8 Å². The molecule has 0 radical (unpaired) electrons. The van der Waals surface area contributed by atoms with Gasteiger partial charge in [0.1, 0.15) is 43.7 Å². The fraction of sp³-hybridized carbons (Fsp3) is 0.295. The minimum atomic E-state index is -1.40. The third-order valence-electron chi connectivity index (χ3n) is 12.6. The highest BCUT2D eigenvalue weighted by Gasteiger charge is 2.53. The Morgan fingerprint density at radius 3 is 0.916 bits per heavy atom. The summed E-state index contributed by atoms with van der Waals surface area (Å²) in [5.74, 6) is -4.65. The summed E-state index contributed by atoms with van der Waals surface area (Å²) in [6.07, 6.45) is -13.0. The zero-order chi connectivity index (χ0) is 59.3. The van der Waals surface area contributed by atoms with Crippen LogP contribution >= 0.6 is 0 Å². The molecule has 0 saturated carbocycles. The van der Waals surface area contributed by atoms with E-state index in [1.807, 2.05) is 0 Å². The highest BCUT2D eigenvalue weighted by atomic mass is 16.8. The smallest absolute Gasteiger partial charge is 0.338 e. The van der Waals surface area contributed by atoms with E-state index >= 15 is 0 Å². The van der Waals surface area contributed by atoms with Gasteiger partial charge in [0.25, 0.3) is 0 Å². The van der Waals surface area contributed by atoms with Crippen molar-refractivity contribution in [1.82, 2.24) is 0 Å². The Bertz CT molecular complexity index is 3010. The molecule has 9 rings (SSSR count). The second-order valence-electron chi connectivity index (χ2n) is 18.2. The normalized spacial score (nSPS) is 24.0. The summed E-state index contributed by atoms with van der Waals surface area (Å²) in [5.41, 5.74) is 1.76. The van der Waals surface area contributed by atoms with Gasteiger partial charge in [0.2, 0.25) is 12.4 Å². The van der Waals surface area contributed by atoms with Crippen molar-refractivity contribution in [2.75, 3.05) is 34.0 Å². The van der Waals surface area contributed by atoms with E-state index in [9.17, 15) is 33.6 Å². The first-order valence-corrected chi connectivity index (χ1v) is 25.8. The summed E-state index contributed by atoms with van der Waals surface area (Å²) in [4.78, 5) is 88.1. The molecule has 0 spiro atoms. The molecule has 436 valence electrons. The average molecular weight is 1150 g/mol. The molecule has 0 aliphatic carbocycles. The summed E-state index contributed by atoms with van der Waals surface area (Å²) < 4.78 is 65.3. The molecular formula is C61H60O22. The SMILES string of the molecule is CC(=O)O[C@H]1O[C@@H](COC(=O)c2ccccc2)[C@@H](OC(=O)c2ccccc2)C1OC(=O)c1ccccc1.COC1O[C@@H](CO)[C@@H](O)C1O.COC1O[C@@H](COC(=O)c2ccccc2)[C@@H](OC(=O)c2ccccc2)C1OC(=O)c1ccccc1. The number of hydrogen-bond donors (Lipinski definition) is 3. The molecule has 22 nitrogen and oxygen atoms in total. The Labute approximate surface area is 476 Å². The van der Waals surface area contributed by atoms with Crippen LogP contribution in [0.15, 0.2) is 182 Å². The number of carbonyl (C=O) groups is 7. The lowest BCUT2D eigenvalue weighted by atomic mass is 10.1. The van der Waals surface area contributed by atoms with Crippen molar-refractivity contribution in [3.8, 4) is 0 Å². The third kappa shape index (κ3) is 17.2. The maximum absolute atomic E-state index is 12.9. The molecule has 6 aromatic carbocycles. The van der Waals surface area contributed by atoms with Gasteiger partial charge in [-0.3, -0.25) is 4.79 Å². The molecule has 0 aromatic heterocycles.